The number of hydrogen-bond acceptors (Lipinski definition) is 4. The smallest absolute Gasteiger partial charge is 0.242 e. The lowest BCUT2D eigenvalue weighted by Gasteiger charge is -2.19. The van der Waals surface area contributed by atoms with Crippen molar-refractivity contribution in [3.8, 4) is 11.4 Å². The monoisotopic (exact) mass is 463 g/mol. The number of fused-ring (bicyclic) bond motifs is 1. The van der Waals surface area contributed by atoms with E-state index in [4.69, 9.17) is 16.6 Å². The number of amides is 2. The van der Waals surface area contributed by atoms with Gasteiger partial charge in [0.05, 0.1) is 23.4 Å². The van der Waals surface area contributed by atoms with Crippen LogP contribution in [0, 0.1) is 11.7 Å². The van der Waals surface area contributed by atoms with Gasteiger partial charge in [0, 0.05) is 25.2 Å². The SMILES string of the molecule is CNC(=O)[C@H](CC(C)C)NC(=O)Cc1nc(-c2ccc(Cl)cc2F)n2c1CN(C)CCC2. The maximum atomic E-state index is 14.7. The number of carbonyl (C=O) groups is 2. The standard InChI is InChI=1S/C23H31ClFN5O2/c1-14(2)10-19(23(32)26-3)27-21(31)12-18-20-13-29(4)8-5-9-30(20)22(28-18)16-7-6-15(24)11-17(16)25/h6-7,11,14,19H,5,8-10,12-13H2,1-4H3,(H,26,32)(H,27,31)/t19-/m0/s1. The highest BCUT2D eigenvalue weighted by atomic mass is 35.5. The van der Waals surface area contributed by atoms with Gasteiger partial charge in [-0.2, -0.15) is 0 Å². The van der Waals surface area contributed by atoms with Gasteiger partial charge >= 0.3 is 0 Å². The van der Waals surface area contributed by atoms with Crippen LogP contribution in [0.4, 0.5) is 4.39 Å². The first-order valence-electron chi connectivity index (χ1n) is 10.9. The first-order valence-corrected chi connectivity index (χ1v) is 11.3. The van der Waals surface area contributed by atoms with E-state index in [-0.39, 0.29) is 24.2 Å². The van der Waals surface area contributed by atoms with Gasteiger partial charge in [0.1, 0.15) is 17.7 Å². The van der Waals surface area contributed by atoms with Crippen molar-refractivity contribution in [2.24, 2.45) is 5.92 Å². The van der Waals surface area contributed by atoms with E-state index in [0.717, 1.165) is 18.7 Å². The quantitative estimate of drug-likeness (QED) is 0.661. The molecule has 2 heterocycles. The molecule has 9 heteroatoms. The van der Waals surface area contributed by atoms with E-state index in [1.54, 1.807) is 19.2 Å². The van der Waals surface area contributed by atoms with Crippen LogP contribution in [-0.2, 0) is 29.1 Å². The van der Waals surface area contributed by atoms with Crippen molar-refractivity contribution in [3.63, 3.8) is 0 Å². The Morgan fingerprint density at radius 1 is 1.28 bits per heavy atom. The van der Waals surface area contributed by atoms with Gasteiger partial charge in [-0.25, -0.2) is 9.37 Å². The third-order valence-electron chi connectivity index (χ3n) is 5.60. The second-order valence-corrected chi connectivity index (χ2v) is 9.17. The number of nitrogens with one attached hydrogen (secondary N) is 2. The lowest BCUT2D eigenvalue weighted by Crippen LogP contribution is -2.47. The first kappa shape index (κ1) is 24.2. The third kappa shape index (κ3) is 5.66. The molecule has 1 atom stereocenters. The fourth-order valence-corrected chi connectivity index (χ4v) is 4.24. The summed E-state index contributed by atoms with van der Waals surface area (Å²) in [5.41, 5.74) is 1.85. The lowest BCUT2D eigenvalue weighted by atomic mass is 10.0. The van der Waals surface area contributed by atoms with Crippen molar-refractivity contribution < 1.29 is 14.0 Å². The number of aromatic nitrogens is 2. The molecular formula is C23H31ClFN5O2. The van der Waals surface area contributed by atoms with Crippen LogP contribution in [0.1, 0.15) is 38.1 Å². The van der Waals surface area contributed by atoms with E-state index >= 15 is 0 Å². The van der Waals surface area contributed by atoms with E-state index in [1.807, 2.05) is 25.5 Å². The van der Waals surface area contributed by atoms with Crippen LogP contribution in [0.3, 0.4) is 0 Å². The minimum Gasteiger partial charge on any atom is -0.357 e. The van der Waals surface area contributed by atoms with Crippen molar-refractivity contribution >= 4 is 23.4 Å². The molecule has 0 aliphatic carbocycles. The van der Waals surface area contributed by atoms with Crippen LogP contribution >= 0.6 is 11.6 Å². The Labute approximate surface area is 193 Å². The maximum absolute atomic E-state index is 14.7. The summed E-state index contributed by atoms with van der Waals surface area (Å²) in [7, 11) is 3.57. The second-order valence-electron chi connectivity index (χ2n) is 8.74. The lowest BCUT2D eigenvalue weighted by molar-refractivity contribution is -0.128. The van der Waals surface area contributed by atoms with Crippen LogP contribution in [0.5, 0.6) is 0 Å². The largest absolute Gasteiger partial charge is 0.357 e. The van der Waals surface area contributed by atoms with Crippen molar-refractivity contribution in [1.29, 1.82) is 0 Å². The number of hydrogen-bond donors (Lipinski definition) is 2. The molecule has 32 heavy (non-hydrogen) atoms. The molecule has 7 nitrogen and oxygen atoms in total. The molecule has 174 valence electrons. The predicted molar refractivity (Wildman–Crippen MR) is 123 cm³/mol. The molecule has 2 amide bonds. The zero-order valence-corrected chi connectivity index (χ0v) is 19.8. The van der Waals surface area contributed by atoms with Crippen molar-refractivity contribution in [2.75, 3.05) is 20.6 Å². The van der Waals surface area contributed by atoms with Crippen LogP contribution in [0.25, 0.3) is 11.4 Å². The van der Waals surface area contributed by atoms with E-state index in [0.29, 0.717) is 41.6 Å². The molecule has 0 bridgehead atoms. The summed E-state index contributed by atoms with van der Waals surface area (Å²) in [5, 5.41) is 5.77. The maximum Gasteiger partial charge on any atom is 0.242 e. The summed E-state index contributed by atoms with van der Waals surface area (Å²) >= 11 is 5.93. The van der Waals surface area contributed by atoms with Crippen molar-refractivity contribution in [3.05, 3.63) is 40.4 Å². The van der Waals surface area contributed by atoms with E-state index in [2.05, 4.69) is 15.5 Å². The minimum atomic E-state index is -0.607. The molecule has 3 rings (SSSR count). The highest BCUT2D eigenvalue weighted by Gasteiger charge is 2.26. The summed E-state index contributed by atoms with van der Waals surface area (Å²) in [6.45, 7) is 6.18. The number of nitrogens with zero attached hydrogens (tertiary/aromatic N) is 3. The number of benzene rings is 1. The van der Waals surface area contributed by atoms with E-state index in [9.17, 15) is 14.0 Å². The minimum absolute atomic E-state index is 0.0178. The Morgan fingerprint density at radius 3 is 2.69 bits per heavy atom. The van der Waals surface area contributed by atoms with Gasteiger partial charge in [0.2, 0.25) is 11.8 Å². The van der Waals surface area contributed by atoms with Crippen LogP contribution in [0.15, 0.2) is 18.2 Å². The van der Waals surface area contributed by atoms with Gasteiger partial charge in [-0.05, 0) is 50.6 Å². The van der Waals surface area contributed by atoms with Crippen LogP contribution in [-0.4, -0.2) is 52.9 Å². The molecule has 1 aliphatic heterocycles. The number of likely N-dealkylation sites (N-methyl/N-ethyl adjacent to an activating group) is 1. The summed E-state index contributed by atoms with van der Waals surface area (Å²) in [5.74, 6) is -0.211. The van der Waals surface area contributed by atoms with Gasteiger partial charge in [-0.3, -0.25) is 9.59 Å². The molecule has 1 aliphatic rings. The molecule has 2 aromatic rings. The second kappa shape index (κ2) is 10.4. The average molecular weight is 464 g/mol. The highest BCUT2D eigenvalue weighted by Crippen LogP contribution is 2.29. The first-order chi connectivity index (χ1) is 15.2. The van der Waals surface area contributed by atoms with Gasteiger partial charge in [0.15, 0.2) is 0 Å². The summed E-state index contributed by atoms with van der Waals surface area (Å²) < 4.78 is 16.7. The summed E-state index contributed by atoms with van der Waals surface area (Å²) in [6, 6.07) is 3.92. The summed E-state index contributed by atoms with van der Waals surface area (Å²) in [6.07, 6.45) is 1.45. The molecule has 1 aromatic carbocycles. The molecule has 0 unspecified atom stereocenters. The van der Waals surface area contributed by atoms with Gasteiger partial charge in [0.25, 0.3) is 0 Å². The Balaban J connectivity index is 1.93. The molecule has 0 saturated heterocycles. The topological polar surface area (TPSA) is 79.3 Å². The van der Waals surface area contributed by atoms with Crippen molar-refractivity contribution in [2.45, 2.75) is 52.2 Å². The predicted octanol–water partition coefficient (Wildman–Crippen LogP) is 3.00. The zero-order valence-electron chi connectivity index (χ0n) is 19.0. The van der Waals surface area contributed by atoms with Crippen LogP contribution in [0.2, 0.25) is 5.02 Å². The highest BCUT2D eigenvalue weighted by molar-refractivity contribution is 6.30. The Hall–Kier alpha value is -2.45. The molecule has 0 saturated carbocycles. The molecule has 1 aromatic heterocycles. The molecule has 2 N–H and O–H groups in total. The Morgan fingerprint density at radius 2 is 2.03 bits per heavy atom. The fraction of sp³-hybridized carbons (Fsp3) is 0.522. The molecule has 0 fully saturated rings. The normalized spacial score (nSPS) is 15.2. The molecular weight excluding hydrogens is 433 g/mol. The van der Waals surface area contributed by atoms with Crippen molar-refractivity contribution in [1.82, 2.24) is 25.1 Å². The van der Waals surface area contributed by atoms with Gasteiger partial charge < -0.3 is 20.1 Å². The van der Waals surface area contributed by atoms with E-state index in [1.165, 1.54) is 6.07 Å². The van der Waals surface area contributed by atoms with Gasteiger partial charge in [-0.1, -0.05) is 25.4 Å². The number of imidazole rings is 1. The summed E-state index contributed by atoms with van der Waals surface area (Å²) in [4.78, 5) is 32.0. The molecule has 0 radical (unpaired) electrons. The Kier molecular flexibility index (Phi) is 7.90. The Bertz CT molecular complexity index is 991. The number of halogens is 2. The third-order valence-corrected chi connectivity index (χ3v) is 5.84. The zero-order chi connectivity index (χ0) is 23.4. The van der Waals surface area contributed by atoms with Crippen LogP contribution < -0.4 is 10.6 Å². The van der Waals surface area contributed by atoms with E-state index < -0.39 is 11.9 Å². The fourth-order valence-electron chi connectivity index (χ4n) is 4.08. The van der Waals surface area contributed by atoms with Gasteiger partial charge in [-0.15, -0.1) is 0 Å². The average Bonchev–Trinajstić information content (AvgIpc) is 2.90. The number of carbonyl (C=O) groups excluding carboxylic acids is 2. The number of rotatable bonds is 7. The molecule has 0 spiro atoms.